The van der Waals surface area contributed by atoms with Crippen LogP contribution in [0.15, 0.2) is 60.3 Å². The summed E-state index contributed by atoms with van der Waals surface area (Å²) < 4.78 is 0. The minimum Gasteiger partial charge on any atom is -0.871 e. The minimum absolute atomic E-state index is 0.00504. The molecule has 22 heavy (non-hydrogen) atoms. The summed E-state index contributed by atoms with van der Waals surface area (Å²) in [5.74, 6) is -0.951. The number of amides is 1. The van der Waals surface area contributed by atoms with E-state index in [1.807, 2.05) is 6.07 Å². The van der Waals surface area contributed by atoms with E-state index in [9.17, 15) is 14.7 Å². The molecule has 0 aliphatic heterocycles. The fourth-order valence-electron chi connectivity index (χ4n) is 2.32. The molecular weight excluding hydrogens is 280 g/mol. The van der Waals surface area contributed by atoms with Gasteiger partial charge in [0.05, 0.1) is 12.4 Å². The summed E-state index contributed by atoms with van der Waals surface area (Å²) in [5, 5.41) is 17.5. The van der Waals surface area contributed by atoms with Crippen LogP contribution in [0.25, 0.3) is 5.76 Å². The van der Waals surface area contributed by atoms with E-state index in [-0.39, 0.29) is 29.8 Å². The molecule has 2 aromatic rings. The second-order valence-corrected chi connectivity index (χ2v) is 4.80. The number of carbonyl (C=O) groups is 2. The van der Waals surface area contributed by atoms with E-state index in [0.29, 0.717) is 16.7 Å². The smallest absolute Gasteiger partial charge is 0.252 e. The third kappa shape index (κ3) is 2.44. The maximum absolute atomic E-state index is 12.1. The van der Waals surface area contributed by atoms with Gasteiger partial charge < -0.3 is 15.7 Å². The van der Waals surface area contributed by atoms with Crippen LogP contribution in [-0.2, 0) is 0 Å². The van der Waals surface area contributed by atoms with Crippen molar-refractivity contribution in [3.8, 4) is 0 Å². The zero-order chi connectivity index (χ0) is 15.5. The summed E-state index contributed by atoms with van der Waals surface area (Å²) in [6.07, 6.45) is 0. The number of fused-ring (bicyclic) bond motifs is 1. The molecule has 0 aromatic heterocycles. The molecule has 0 fully saturated rings. The van der Waals surface area contributed by atoms with E-state index in [0.717, 1.165) is 0 Å². The fourth-order valence-corrected chi connectivity index (χ4v) is 2.32. The standard InChI is InChI=1S/C17H14N2O3/c20-15-12-8-4-5-9-13(12)16(21)14(15)18-10-19-17(22)11-6-2-1-3-7-11/h1-9H,10H2,(H,19,22)(H2,18,20,21)/p-1. The van der Waals surface area contributed by atoms with Crippen LogP contribution >= 0.6 is 0 Å². The van der Waals surface area contributed by atoms with E-state index in [2.05, 4.69) is 10.6 Å². The summed E-state index contributed by atoms with van der Waals surface area (Å²) in [4.78, 5) is 24.0. The molecule has 0 saturated heterocycles. The van der Waals surface area contributed by atoms with Gasteiger partial charge in [0.25, 0.3) is 5.91 Å². The van der Waals surface area contributed by atoms with E-state index < -0.39 is 0 Å². The molecule has 110 valence electrons. The van der Waals surface area contributed by atoms with Crippen molar-refractivity contribution in [3.05, 3.63) is 77.0 Å². The molecule has 1 amide bonds. The number of hydrogen-bond acceptors (Lipinski definition) is 4. The topological polar surface area (TPSA) is 81.3 Å². The lowest BCUT2D eigenvalue weighted by Gasteiger charge is -2.13. The zero-order valence-corrected chi connectivity index (χ0v) is 11.6. The molecule has 1 aliphatic carbocycles. The first kappa shape index (κ1) is 13.9. The highest BCUT2D eigenvalue weighted by Crippen LogP contribution is 2.27. The fraction of sp³-hybridized carbons (Fsp3) is 0.0588. The Balaban J connectivity index is 1.65. The molecule has 0 radical (unpaired) electrons. The van der Waals surface area contributed by atoms with Gasteiger partial charge in [0.15, 0.2) is 0 Å². The van der Waals surface area contributed by atoms with Crippen molar-refractivity contribution in [1.29, 1.82) is 0 Å². The van der Waals surface area contributed by atoms with Gasteiger partial charge in [0.1, 0.15) is 0 Å². The van der Waals surface area contributed by atoms with Gasteiger partial charge in [-0.05, 0) is 17.7 Å². The molecule has 0 saturated carbocycles. The number of benzene rings is 2. The molecule has 5 heteroatoms. The normalized spacial score (nSPS) is 13.0. The first-order valence-corrected chi connectivity index (χ1v) is 6.81. The van der Waals surface area contributed by atoms with E-state index in [1.165, 1.54) is 0 Å². The number of hydrogen-bond donors (Lipinski definition) is 2. The van der Waals surface area contributed by atoms with Crippen LogP contribution in [0.3, 0.4) is 0 Å². The molecule has 2 N–H and O–H groups in total. The predicted octanol–water partition coefficient (Wildman–Crippen LogP) is 0.889. The quantitative estimate of drug-likeness (QED) is 0.820. The van der Waals surface area contributed by atoms with Gasteiger partial charge in [-0.3, -0.25) is 9.59 Å². The van der Waals surface area contributed by atoms with E-state index >= 15 is 0 Å². The molecule has 2 aromatic carbocycles. The number of Topliss-reactive ketones (excluding diaryl/α,β-unsaturated/α-hetero) is 1. The predicted molar refractivity (Wildman–Crippen MR) is 79.6 cm³/mol. The van der Waals surface area contributed by atoms with Crippen molar-refractivity contribution in [2.75, 3.05) is 6.67 Å². The highest BCUT2D eigenvalue weighted by atomic mass is 16.3. The highest BCUT2D eigenvalue weighted by molar-refractivity contribution is 6.18. The number of ketones is 1. The molecule has 5 nitrogen and oxygen atoms in total. The molecule has 0 unspecified atom stereocenters. The van der Waals surface area contributed by atoms with Crippen molar-refractivity contribution >= 4 is 17.4 Å². The zero-order valence-electron chi connectivity index (χ0n) is 11.6. The maximum Gasteiger partial charge on any atom is 0.252 e. The van der Waals surface area contributed by atoms with Crippen LogP contribution in [0.5, 0.6) is 0 Å². The average Bonchev–Trinajstić information content (AvgIpc) is 2.81. The first-order valence-electron chi connectivity index (χ1n) is 6.81. The number of allylic oxidation sites excluding steroid dienone is 1. The molecule has 1 aliphatic rings. The van der Waals surface area contributed by atoms with Crippen LogP contribution in [0, 0.1) is 0 Å². The van der Waals surface area contributed by atoms with Gasteiger partial charge >= 0.3 is 0 Å². The third-order valence-electron chi connectivity index (χ3n) is 3.42. The Morgan fingerprint density at radius 1 is 0.955 bits per heavy atom. The van der Waals surface area contributed by atoms with Gasteiger partial charge in [-0.25, -0.2) is 0 Å². The van der Waals surface area contributed by atoms with Gasteiger partial charge in [0.2, 0.25) is 5.78 Å². The van der Waals surface area contributed by atoms with Gasteiger partial charge in [-0.1, -0.05) is 48.2 Å². The molecular formula is C17H13N2O3-. The Morgan fingerprint density at radius 2 is 1.59 bits per heavy atom. The monoisotopic (exact) mass is 293 g/mol. The van der Waals surface area contributed by atoms with Gasteiger partial charge in [0, 0.05) is 11.1 Å². The second kappa shape index (κ2) is 5.73. The minimum atomic E-state index is -0.338. The van der Waals surface area contributed by atoms with Crippen molar-refractivity contribution < 1.29 is 14.7 Å². The first-order chi connectivity index (χ1) is 10.7. The van der Waals surface area contributed by atoms with Crippen molar-refractivity contribution in [2.24, 2.45) is 0 Å². The van der Waals surface area contributed by atoms with Crippen LogP contribution in [0.1, 0.15) is 26.3 Å². The van der Waals surface area contributed by atoms with Crippen LogP contribution < -0.4 is 15.7 Å². The Bertz CT molecular complexity index is 766. The molecule has 0 atom stereocenters. The summed E-state index contributed by atoms with van der Waals surface area (Å²) in [5.41, 5.74) is 1.30. The Labute approximate surface area is 127 Å². The Hall–Kier alpha value is -3.08. The number of carbonyl (C=O) groups excluding carboxylic acids is 2. The lowest BCUT2D eigenvalue weighted by molar-refractivity contribution is -0.244. The van der Waals surface area contributed by atoms with Crippen LogP contribution in [-0.4, -0.2) is 18.4 Å². The Kier molecular flexibility index (Phi) is 3.62. The lowest BCUT2D eigenvalue weighted by Crippen LogP contribution is -2.35. The van der Waals surface area contributed by atoms with Gasteiger partial charge in [-0.15, -0.1) is 0 Å². The summed E-state index contributed by atoms with van der Waals surface area (Å²) in [6.45, 7) is 0.00846. The van der Waals surface area contributed by atoms with Gasteiger partial charge in [-0.2, -0.15) is 0 Å². The molecule has 3 rings (SSSR count). The lowest BCUT2D eigenvalue weighted by atomic mass is 10.1. The average molecular weight is 293 g/mol. The maximum atomic E-state index is 12.1. The van der Waals surface area contributed by atoms with Crippen molar-refractivity contribution in [3.63, 3.8) is 0 Å². The third-order valence-corrected chi connectivity index (χ3v) is 3.42. The molecule has 0 spiro atoms. The van der Waals surface area contributed by atoms with Crippen molar-refractivity contribution in [1.82, 2.24) is 10.6 Å². The van der Waals surface area contributed by atoms with Crippen LogP contribution in [0.4, 0.5) is 0 Å². The molecule has 0 bridgehead atoms. The van der Waals surface area contributed by atoms with Crippen molar-refractivity contribution in [2.45, 2.75) is 0 Å². The highest BCUT2D eigenvalue weighted by Gasteiger charge is 2.23. The summed E-state index contributed by atoms with van der Waals surface area (Å²) in [7, 11) is 0. The van der Waals surface area contributed by atoms with E-state index in [1.54, 1.807) is 48.5 Å². The largest absolute Gasteiger partial charge is 0.871 e. The molecule has 0 heterocycles. The Morgan fingerprint density at radius 3 is 2.27 bits per heavy atom. The SMILES string of the molecule is O=C(NCNC1=C([O-])c2ccccc2C1=O)c1ccccc1. The summed E-state index contributed by atoms with van der Waals surface area (Å²) >= 11 is 0. The second-order valence-electron chi connectivity index (χ2n) is 4.80. The summed E-state index contributed by atoms with van der Waals surface area (Å²) in [6, 6.07) is 15.4. The number of nitrogens with one attached hydrogen (secondary N) is 2. The number of rotatable bonds is 4. The van der Waals surface area contributed by atoms with Crippen LogP contribution in [0.2, 0.25) is 0 Å². The van der Waals surface area contributed by atoms with E-state index in [4.69, 9.17) is 0 Å².